The number of hydrogen-bond donors (Lipinski definition) is 1. The second kappa shape index (κ2) is 4.89. The zero-order chi connectivity index (χ0) is 12.1. The molecule has 82 valence electrons. The third-order valence-electron chi connectivity index (χ3n) is 1.79. The molecule has 0 amide bonds. The summed E-state index contributed by atoms with van der Waals surface area (Å²) in [4.78, 5) is 9.58. The predicted molar refractivity (Wildman–Crippen MR) is 54.0 cm³/mol. The van der Waals surface area contributed by atoms with Gasteiger partial charge in [-0.15, -0.1) is 0 Å². The van der Waals surface area contributed by atoms with Gasteiger partial charge in [0.2, 0.25) is 5.75 Å². The van der Waals surface area contributed by atoms with Crippen molar-refractivity contribution in [1.29, 1.82) is 5.26 Å². The smallest absolute Gasteiger partial charge is 0.314 e. The number of aromatic hydroxyl groups is 1. The standard InChI is InChI=1S/C10H7FN2O3/c11-8-5-7(3-1-2-4-12)10(14)9(6-8)13(15)16/h1,3,5-6,14H,2H2. The summed E-state index contributed by atoms with van der Waals surface area (Å²) in [6.45, 7) is 0. The molecular weight excluding hydrogens is 215 g/mol. The summed E-state index contributed by atoms with van der Waals surface area (Å²) in [7, 11) is 0. The van der Waals surface area contributed by atoms with Crippen molar-refractivity contribution in [1.82, 2.24) is 0 Å². The van der Waals surface area contributed by atoms with E-state index >= 15 is 0 Å². The van der Waals surface area contributed by atoms with Gasteiger partial charge in [0.05, 0.1) is 23.5 Å². The van der Waals surface area contributed by atoms with Gasteiger partial charge in [0.15, 0.2) is 0 Å². The van der Waals surface area contributed by atoms with E-state index < -0.39 is 22.2 Å². The summed E-state index contributed by atoms with van der Waals surface area (Å²) in [5, 5.41) is 28.2. The van der Waals surface area contributed by atoms with Gasteiger partial charge >= 0.3 is 5.69 Å². The van der Waals surface area contributed by atoms with E-state index in [0.29, 0.717) is 6.07 Å². The summed E-state index contributed by atoms with van der Waals surface area (Å²) < 4.78 is 13.0. The third-order valence-corrected chi connectivity index (χ3v) is 1.79. The van der Waals surface area contributed by atoms with Crippen molar-refractivity contribution < 1.29 is 14.4 Å². The summed E-state index contributed by atoms with van der Waals surface area (Å²) in [5.41, 5.74) is -0.724. The molecule has 0 atom stereocenters. The van der Waals surface area contributed by atoms with E-state index in [2.05, 4.69) is 0 Å². The van der Waals surface area contributed by atoms with Crippen LogP contribution in [0.25, 0.3) is 6.08 Å². The van der Waals surface area contributed by atoms with Crippen LogP contribution in [-0.4, -0.2) is 10.0 Å². The van der Waals surface area contributed by atoms with E-state index in [9.17, 15) is 19.6 Å². The number of allylic oxidation sites excluding steroid dienone is 1. The second-order valence-corrected chi connectivity index (χ2v) is 2.88. The maximum Gasteiger partial charge on any atom is 0.314 e. The molecule has 0 fully saturated rings. The number of rotatable bonds is 3. The van der Waals surface area contributed by atoms with Gasteiger partial charge in [-0.05, 0) is 6.07 Å². The largest absolute Gasteiger partial charge is 0.502 e. The molecule has 0 heterocycles. The predicted octanol–water partition coefficient (Wildman–Crippen LogP) is 2.37. The van der Waals surface area contributed by atoms with Gasteiger partial charge in [-0.2, -0.15) is 5.26 Å². The van der Waals surface area contributed by atoms with Gasteiger partial charge in [0.25, 0.3) is 0 Å². The van der Waals surface area contributed by atoms with Crippen LogP contribution in [0.5, 0.6) is 5.75 Å². The van der Waals surface area contributed by atoms with Crippen molar-refractivity contribution in [2.24, 2.45) is 0 Å². The molecule has 1 rings (SSSR count). The summed E-state index contributed by atoms with van der Waals surface area (Å²) in [5.74, 6) is -1.43. The maximum absolute atomic E-state index is 13.0. The molecule has 0 unspecified atom stereocenters. The van der Waals surface area contributed by atoms with Crippen LogP contribution in [0.15, 0.2) is 18.2 Å². The Labute approximate surface area is 90.2 Å². The van der Waals surface area contributed by atoms with E-state index in [1.165, 1.54) is 12.2 Å². The van der Waals surface area contributed by atoms with E-state index in [-0.39, 0.29) is 12.0 Å². The molecule has 16 heavy (non-hydrogen) atoms. The van der Waals surface area contributed by atoms with Crippen molar-refractivity contribution in [2.45, 2.75) is 6.42 Å². The van der Waals surface area contributed by atoms with Gasteiger partial charge in [0.1, 0.15) is 5.82 Å². The van der Waals surface area contributed by atoms with Crippen molar-refractivity contribution >= 4 is 11.8 Å². The molecule has 0 aliphatic carbocycles. The lowest BCUT2D eigenvalue weighted by Crippen LogP contribution is -1.91. The Bertz CT molecular complexity index is 492. The number of nitriles is 1. The van der Waals surface area contributed by atoms with Gasteiger partial charge in [-0.3, -0.25) is 10.1 Å². The van der Waals surface area contributed by atoms with E-state index in [4.69, 9.17) is 5.26 Å². The van der Waals surface area contributed by atoms with Crippen molar-refractivity contribution in [3.63, 3.8) is 0 Å². The fourth-order valence-electron chi connectivity index (χ4n) is 1.11. The SMILES string of the molecule is N#CCC=Cc1cc(F)cc([N+](=O)[O-])c1O. The lowest BCUT2D eigenvalue weighted by molar-refractivity contribution is -0.386. The monoisotopic (exact) mass is 222 g/mol. The summed E-state index contributed by atoms with van der Waals surface area (Å²) >= 11 is 0. The van der Waals surface area contributed by atoms with Crippen molar-refractivity contribution in [3.8, 4) is 11.8 Å². The van der Waals surface area contributed by atoms with Crippen LogP contribution in [0, 0.1) is 27.3 Å². The number of phenols is 1. The second-order valence-electron chi connectivity index (χ2n) is 2.88. The fraction of sp³-hybridized carbons (Fsp3) is 0.100. The first-order valence-corrected chi connectivity index (χ1v) is 4.26. The molecule has 0 saturated carbocycles. The number of halogens is 1. The van der Waals surface area contributed by atoms with Gasteiger partial charge in [0, 0.05) is 5.56 Å². The molecule has 0 bridgehead atoms. The first kappa shape index (κ1) is 11.7. The molecule has 0 aromatic heterocycles. The van der Waals surface area contributed by atoms with E-state index in [0.717, 1.165) is 6.07 Å². The number of nitrogens with zero attached hydrogens (tertiary/aromatic N) is 2. The first-order valence-electron chi connectivity index (χ1n) is 4.26. The number of phenolic OH excluding ortho intramolecular Hbond substituents is 1. The number of nitro benzene ring substituents is 1. The highest BCUT2D eigenvalue weighted by Gasteiger charge is 2.17. The normalized spacial score (nSPS) is 10.2. The minimum Gasteiger partial charge on any atom is -0.502 e. The number of benzene rings is 1. The molecule has 0 spiro atoms. The minimum absolute atomic E-state index is 0.0260. The fourth-order valence-corrected chi connectivity index (χ4v) is 1.11. The lowest BCUT2D eigenvalue weighted by atomic mass is 10.1. The zero-order valence-corrected chi connectivity index (χ0v) is 8.05. The van der Waals surface area contributed by atoms with Crippen LogP contribution in [0.4, 0.5) is 10.1 Å². The highest BCUT2D eigenvalue weighted by Crippen LogP contribution is 2.31. The van der Waals surface area contributed by atoms with E-state index in [1.54, 1.807) is 0 Å². The Hall–Kier alpha value is -2.42. The Kier molecular flexibility index (Phi) is 3.56. The Morgan fingerprint density at radius 2 is 2.31 bits per heavy atom. The number of nitro groups is 1. The van der Waals surface area contributed by atoms with Gasteiger partial charge in [-0.25, -0.2) is 4.39 Å². The molecule has 0 aliphatic rings. The molecule has 0 saturated heterocycles. The van der Waals surface area contributed by atoms with Crippen LogP contribution < -0.4 is 0 Å². The highest BCUT2D eigenvalue weighted by atomic mass is 19.1. The average Bonchev–Trinajstić information content (AvgIpc) is 2.22. The third kappa shape index (κ3) is 2.54. The maximum atomic E-state index is 13.0. The van der Waals surface area contributed by atoms with Crippen molar-refractivity contribution in [2.75, 3.05) is 0 Å². The van der Waals surface area contributed by atoms with E-state index in [1.807, 2.05) is 6.07 Å². The van der Waals surface area contributed by atoms with Crippen LogP contribution >= 0.6 is 0 Å². The van der Waals surface area contributed by atoms with Crippen LogP contribution in [0.3, 0.4) is 0 Å². The molecule has 0 aliphatic heterocycles. The Balaban J connectivity index is 3.20. The van der Waals surface area contributed by atoms with Gasteiger partial charge < -0.3 is 5.11 Å². The average molecular weight is 222 g/mol. The first-order chi connectivity index (χ1) is 7.56. The van der Waals surface area contributed by atoms with Crippen molar-refractivity contribution in [3.05, 3.63) is 39.7 Å². The summed E-state index contributed by atoms with van der Waals surface area (Å²) in [6.07, 6.45) is 2.70. The number of hydrogen-bond acceptors (Lipinski definition) is 4. The quantitative estimate of drug-likeness (QED) is 0.628. The Morgan fingerprint density at radius 3 is 2.88 bits per heavy atom. The molecule has 0 radical (unpaired) electrons. The molecule has 1 aromatic carbocycles. The molecule has 5 nitrogen and oxygen atoms in total. The Morgan fingerprint density at radius 1 is 1.62 bits per heavy atom. The summed E-state index contributed by atoms with van der Waals surface area (Å²) in [6, 6.07) is 3.40. The highest BCUT2D eigenvalue weighted by molar-refractivity contribution is 5.64. The van der Waals surface area contributed by atoms with Crippen LogP contribution in [0.2, 0.25) is 0 Å². The molecule has 6 heteroatoms. The minimum atomic E-state index is -0.875. The van der Waals surface area contributed by atoms with Gasteiger partial charge in [-0.1, -0.05) is 12.2 Å². The lowest BCUT2D eigenvalue weighted by Gasteiger charge is -2.00. The molecule has 1 aromatic rings. The zero-order valence-electron chi connectivity index (χ0n) is 8.05. The van der Waals surface area contributed by atoms with Crippen LogP contribution in [-0.2, 0) is 0 Å². The molecule has 1 N–H and O–H groups in total. The van der Waals surface area contributed by atoms with Crippen LogP contribution in [0.1, 0.15) is 12.0 Å². The topological polar surface area (TPSA) is 87.2 Å². The molecular formula is C10H7FN2O3.